The van der Waals surface area contributed by atoms with Gasteiger partial charge in [-0.25, -0.2) is 4.79 Å². The van der Waals surface area contributed by atoms with E-state index in [-0.39, 0.29) is 17.0 Å². The van der Waals surface area contributed by atoms with Gasteiger partial charge < -0.3 is 4.74 Å². The summed E-state index contributed by atoms with van der Waals surface area (Å²) in [5.41, 5.74) is 1.25. The van der Waals surface area contributed by atoms with Crippen molar-refractivity contribution in [2.24, 2.45) is 5.41 Å². The molecule has 0 saturated heterocycles. The molecule has 0 aromatic heterocycles. The summed E-state index contributed by atoms with van der Waals surface area (Å²) in [6.07, 6.45) is 5.98. The van der Waals surface area contributed by atoms with E-state index in [1.165, 1.54) is 6.42 Å². The van der Waals surface area contributed by atoms with Crippen LogP contribution in [0.4, 0.5) is 0 Å². The van der Waals surface area contributed by atoms with E-state index in [4.69, 9.17) is 4.74 Å². The molecule has 0 radical (unpaired) electrons. The van der Waals surface area contributed by atoms with Crippen LogP contribution in [0.5, 0.6) is 0 Å². The summed E-state index contributed by atoms with van der Waals surface area (Å²) >= 11 is 0. The molecule has 0 bridgehead atoms. The van der Waals surface area contributed by atoms with Crippen LogP contribution in [0, 0.1) is 5.41 Å². The normalized spacial score (nSPS) is 17.8. The molecule has 2 heteroatoms. The molecule has 22 heavy (non-hydrogen) atoms. The van der Waals surface area contributed by atoms with Gasteiger partial charge in [-0.05, 0) is 31.2 Å². The summed E-state index contributed by atoms with van der Waals surface area (Å²) in [4.78, 5) is 12.5. The highest BCUT2D eigenvalue weighted by molar-refractivity contribution is 5.88. The number of ether oxygens (including phenoxy) is 1. The van der Waals surface area contributed by atoms with Crippen LogP contribution in [0.15, 0.2) is 42.5 Å². The van der Waals surface area contributed by atoms with Gasteiger partial charge >= 0.3 is 5.97 Å². The smallest absolute Gasteiger partial charge is 0.334 e. The minimum Gasteiger partial charge on any atom is -0.455 e. The zero-order chi connectivity index (χ0) is 16.2. The fraction of sp³-hybridized carbons (Fsp3) is 0.550. The molecule has 2 nitrogen and oxygen atoms in total. The Bertz CT molecular complexity index is 516. The Hall–Kier alpha value is -1.57. The van der Waals surface area contributed by atoms with Crippen molar-refractivity contribution < 1.29 is 9.53 Å². The lowest BCUT2D eigenvalue weighted by Gasteiger charge is -2.46. The summed E-state index contributed by atoms with van der Waals surface area (Å²) < 4.78 is 6.04. The fourth-order valence-electron chi connectivity index (χ4n) is 3.29. The van der Waals surface area contributed by atoms with E-state index in [0.29, 0.717) is 12.0 Å². The highest BCUT2D eigenvalue weighted by Gasteiger charge is 2.46. The van der Waals surface area contributed by atoms with Gasteiger partial charge in [-0.1, -0.05) is 64.1 Å². The highest BCUT2D eigenvalue weighted by Crippen LogP contribution is 2.45. The first kappa shape index (κ1) is 16.8. The Kier molecular flexibility index (Phi) is 5.10. The Balaban J connectivity index is 2.06. The molecule has 1 aromatic carbocycles. The largest absolute Gasteiger partial charge is 0.455 e. The average molecular weight is 300 g/mol. The van der Waals surface area contributed by atoms with Crippen molar-refractivity contribution in [3.8, 4) is 0 Å². The second-order valence-electron chi connectivity index (χ2n) is 7.46. The molecule has 0 heterocycles. The van der Waals surface area contributed by atoms with Crippen molar-refractivity contribution in [2.45, 2.75) is 64.9 Å². The Morgan fingerprint density at radius 3 is 2.27 bits per heavy atom. The summed E-state index contributed by atoms with van der Waals surface area (Å²) in [5, 5.41) is 0. The predicted octanol–water partition coefficient (Wildman–Crippen LogP) is 5.08. The first-order valence-corrected chi connectivity index (χ1v) is 8.29. The molecule has 1 saturated carbocycles. The van der Waals surface area contributed by atoms with Crippen LogP contribution in [0.25, 0.3) is 0 Å². The minimum atomic E-state index is -0.345. The van der Waals surface area contributed by atoms with E-state index in [1.807, 2.05) is 30.3 Å². The molecule has 1 aromatic rings. The summed E-state index contributed by atoms with van der Waals surface area (Å²) in [7, 11) is 0. The van der Waals surface area contributed by atoms with Gasteiger partial charge in [-0.3, -0.25) is 0 Å². The molecule has 0 atom stereocenters. The lowest BCUT2D eigenvalue weighted by Crippen LogP contribution is -2.48. The van der Waals surface area contributed by atoms with Crippen LogP contribution in [0.2, 0.25) is 0 Å². The van der Waals surface area contributed by atoms with E-state index in [9.17, 15) is 4.79 Å². The minimum absolute atomic E-state index is 0.0455. The fourth-order valence-corrected chi connectivity index (χ4v) is 3.29. The molecule has 1 fully saturated rings. The molecule has 0 aliphatic heterocycles. The molecule has 0 spiro atoms. The van der Waals surface area contributed by atoms with Crippen molar-refractivity contribution >= 4 is 5.97 Å². The Morgan fingerprint density at radius 1 is 1.14 bits per heavy atom. The standard InChI is InChI=1S/C20H28O2/c1-16(15-17-11-7-5-8-12-17)18(21)22-20(19(2,3)4)13-9-6-10-14-20/h5,7-8,11-12H,1,6,9-10,13-15H2,2-4H3. The molecule has 2 rings (SSSR count). The highest BCUT2D eigenvalue weighted by atomic mass is 16.6. The number of rotatable bonds is 4. The van der Waals surface area contributed by atoms with Crippen LogP contribution < -0.4 is 0 Å². The van der Waals surface area contributed by atoms with E-state index in [1.54, 1.807) is 0 Å². The average Bonchev–Trinajstić information content (AvgIpc) is 2.48. The van der Waals surface area contributed by atoms with Gasteiger partial charge in [0.05, 0.1) is 0 Å². The quantitative estimate of drug-likeness (QED) is 0.572. The maximum atomic E-state index is 12.5. The van der Waals surface area contributed by atoms with Crippen molar-refractivity contribution in [2.75, 3.05) is 0 Å². The molecule has 1 aliphatic carbocycles. The van der Waals surface area contributed by atoms with E-state index < -0.39 is 0 Å². The summed E-state index contributed by atoms with van der Waals surface area (Å²) in [6, 6.07) is 9.95. The van der Waals surface area contributed by atoms with E-state index in [2.05, 4.69) is 27.4 Å². The summed E-state index contributed by atoms with van der Waals surface area (Å²) in [6.45, 7) is 10.5. The third-order valence-electron chi connectivity index (χ3n) is 4.87. The maximum absolute atomic E-state index is 12.5. The molecule has 0 unspecified atom stereocenters. The number of carbonyl (C=O) groups excluding carboxylic acids is 1. The third-order valence-corrected chi connectivity index (χ3v) is 4.87. The molecular formula is C20H28O2. The van der Waals surface area contributed by atoms with Crippen LogP contribution in [-0.4, -0.2) is 11.6 Å². The topological polar surface area (TPSA) is 26.3 Å². The van der Waals surface area contributed by atoms with E-state index in [0.717, 1.165) is 31.2 Å². The molecule has 120 valence electrons. The van der Waals surface area contributed by atoms with Gasteiger partial charge in [0.1, 0.15) is 5.60 Å². The van der Waals surface area contributed by atoms with Gasteiger partial charge in [0, 0.05) is 17.4 Å². The molecule has 1 aliphatic rings. The van der Waals surface area contributed by atoms with Crippen LogP contribution in [-0.2, 0) is 16.0 Å². The monoisotopic (exact) mass is 300 g/mol. The zero-order valence-corrected chi connectivity index (χ0v) is 14.2. The van der Waals surface area contributed by atoms with Crippen LogP contribution in [0.3, 0.4) is 0 Å². The SMILES string of the molecule is C=C(Cc1ccccc1)C(=O)OC1(C(C)(C)C)CCCCC1. The van der Waals surface area contributed by atoms with Crippen LogP contribution >= 0.6 is 0 Å². The van der Waals surface area contributed by atoms with Crippen molar-refractivity contribution in [3.63, 3.8) is 0 Å². The maximum Gasteiger partial charge on any atom is 0.334 e. The second-order valence-corrected chi connectivity index (χ2v) is 7.46. The summed E-state index contributed by atoms with van der Waals surface area (Å²) in [5.74, 6) is -0.235. The van der Waals surface area contributed by atoms with Gasteiger partial charge in [-0.2, -0.15) is 0 Å². The van der Waals surface area contributed by atoms with Gasteiger partial charge in [-0.15, -0.1) is 0 Å². The zero-order valence-electron chi connectivity index (χ0n) is 14.2. The Morgan fingerprint density at radius 2 is 1.73 bits per heavy atom. The first-order valence-electron chi connectivity index (χ1n) is 8.29. The number of hydrogen-bond donors (Lipinski definition) is 0. The number of hydrogen-bond acceptors (Lipinski definition) is 2. The lowest BCUT2D eigenvalue weighted by atomic mass is 9.68. The number of esters is 1. The van der Waals surface area contributed by atoms with Crippen molar-refractivity contribution in [1.29, 1.82) is 0 Å². The van der Waals surface area contributed by atoms with Crippen LogP contribution in [0.1, 0.15) is 58.4 Å². The lowest BCUT2D eigenvalue weighted by molar-refractivity contribution is -0.175. The number of benzene rings is 1. The Labute approximate surface area is 134 Å². The molecular weight excluding hydrogens is 272 g/mol. The predicted molar refractivity (Wildman–Crippen MR) is 90.6 cm³/mol. The molecule has 0 N–H and O–H groups in total. The molecule has 0 amide bonds. The third kappa shape index (κ3) is 3.79. The van der Waals surface area contributed by atoms with Gasteiger partial charge in [0.25, 0.3) is 0 Å². The van der Waals surface area contributed by atoms with Gasteiger partial charge in [0.15, 0.2) is 0 Å². The number of carbonyl (C=O) groups is 1. The van der Waals surface area contributed by atoms with Gasteiger partial charge in [0.2, 0.25) is 0 Å². The van der Waals surface area contributed by atoms with Crippen molar-refractivity contribution in [1.82, 2.24) is 0 Å². The van der Waals surface area contributed by atoms with E-state index >= 15 is 0 Å². The second kappa shape index (κ2) is 6.68. The van der Waals surface area contributed by atoms with Crippen molar-refractivity contribution in [3.05, 3.63) is 48.0 Å². The first-order chi connectivity index (χ1) is 10.3.